The van der Waals surface area contributed by atoms with Crippen LogP contribution in [0.5, 0.6) is 0 Å². The van der Waals surface area contributed by atoms with Crippen molar-refractivity contribution in [2.75, 3.05) is 39.4 Å². The molecule has 230 valence electrons. The predicted molar refractivity (Wildman–Crippen MR) is 168 cm³/mol. The third-order valence-corrected chi connectivity index (χ3v) is 11.7. The molecule has 1 N–H and O–H groups in total. The number of nitrogens with one attached hydrogen (secondary N) is 1. The van der Waals surface area contributed by atoms with Crippen LogP contribution in [0.2, 0.25) is 0 Å². The molecule has 0 atom stereocenters. The van der Waals surface area contributed by atoms with Gasteiger partial charge in [-0.1, -0.05) is 37.3 Å². The number of amides is 2. The molecule has 6 rings (SSSR count). The molecule has 9 nitrogen and oxygen atoms in total. The summed E-state index contributed by atoms with van der Waals surface area (Å²) in [7, 11) is -3.83. The van der Waals surface area contributed by atoms with Gasteiger partial charge >= 0.3 is 0 Å². The Morgan fingerprint density at radius 2 is 1.63 bits per heavy atom. The highest BCUT2D eigenvalue weighted by Gasteiger charge is 2.46. The van der Waals surface area contributed by atoms with E-state index in [-0.39, 0.29) is 27.8 Å². The molecule has 11 heteroatoms. The van der Waals surface area contributed by atoms with Gasteiger partial charge in [0.05, 0.1) is 9.77 Å². The summed E-state index contributed by atoms with van der Waals surface area (Å²) in [5.41, 5.74) is 0.422. The number of nitrogens with zero attached hydrogens (tertiary/aromatic N) is 3. The summed E-state index contributed by atoms with van der Waals surface area (Å²) in [5.74, 6) is 0.213. The van der Waals surface area contributed by atoms with Gasteiger partial charge in [-0.05, 0) is 63.8 Å². The average molecular weight is 625 g/mol. The minimum atomic E-state index is -3.83. The molecule has 0 radical (unpaired) electrons. The largest absolute Gasteiger partial charge is 0.381 e. The molecule has 43 heavy (non-hydrogen) atoms. The van der Waals surface area contributed by atoms with Crippen molar-refractivity contribution in [2.24, 2.45) is 11.3 Å². The molecule has 1 aromatic heterocycles. The lowest BCUT2D eigenvalue weighted by molar-refractivity contribution is -0.0666. The van der Waals surface area contributed by atoms with Gasteiger partial charge in [-0.2, -0.15) is 0 Å². The van der Waals surface area contributed by atoms with Crippen LogP contribution >= 0.6 is 11.3 Å². The quantitative estimate of drug-likeness (QED) is 0.420. The maximum atomic E-state index is 14.0. The van der Waals surface area contributed by atoms with E-state index < -0.39 is 15.6 Å². The molecule has 3 fully saturated rings. The van der Waals surface area contributed by atoms with Crippen molar-refractivity contribution in [1.82, 2.24) is 19.5 Å². The number of benzene rings is 2. The molecule has 0 bridgehead atoms. The molecule has 3 aliphatic rings. The lowest BCUT2D eigenvalue weighted by atomic mass is 9.73. The second-order valence-corrected chi connectivity index (χ2v) is 16.1. The van der Waals surface area contributed by atoms with Gasteiger partial charge in [0.2, 0.25) is 10.0 Å². The Labute approximate surface area is 257 Å². The van der Waals surface area contributed by atoms with E-state index in [9.17, 15) is 18.0 Å². The van der Waals surface area contributed by atoms with E-state index in [1.165, 1.54) is 11.3 Å². The fourth-order valence-electron chi connectivity index (χ4n) is 6.43. The zero-order valence-corrected chi connectivity index (χ0v) is 26.9. The highest BCUT2D eigenvalue weighted by Crippen LogP contribution is 2.43. The minimum absolute atomic E-state index is 0.121. The Hall–Kier alpha value is -2.86. The third kappa shape index (κ3) is 5.96. The van der Waals surface area contributed by atoms with Crippen LogP contribution in [0.1, 0.15) is 73.7 Å². The number of hydrogen-bond acceptors (Lipinski definition) is 7. The van der Waals surface area contributed by atoms with Gasteiger partial charge in [-0.15, -0.1) is 11.3 Å². The zero-order valence-electron chi connectivity index (χ0n) is 25.3. The molecule has 3 saturated heterocycles. The second kappa shape index (κ2) is 11.3. The summed E-state index contributed by atoms with van der Waals surface area (Å²) in [6, 6.07) is 10.6. The van der Waals surface area contributed by atoms with Crippen molar-refractivity contribution in [1.29, 1.82) is 0 Å². The van der Waals surface area contributed by atoms with Crippen LogP contribution in [-0.4, -0.2) is 79.9 Å². The first-order valence-corrected chi connectivity index (χ1v) is 17.4. The molecule has 4 heterocycles. The van der Waals surface area contributed by atoms with Crippen LogP contribution < -0.4 is 4.72 Å². The van der Waals surface area contributed by atoms with Gasteiger partial charge in [-0.3, -0.25) is 9.59 Å². The number of carbonyl (C=O) groups is 2. The molecule has 3 aromatic rings. The van der Waals surface area contributed by atoms with E-state index in [0.29, 0.717) is 58.3 Å². The molecular formula is C32H40N4O5S2. The predicted octanol–water partition coefficient (Wildman–Crippen LogP) is 5.16. The molecule has 3 aliphatic heterocycles. The highest BCUT2D eigenvalue weighted by molar-refractivity contribution is 7.89. The van der Waals surface area contributed by atoms with Gasteiger partial charge in [0.25, 0.3) is 11.8 Å². The van der Waals surface area contributed by atoms with E-state index in [1.54, 1.807) is 45.0 Å². The number of piperidine rings is 1. The van der Waals surface area contributed by atoms with Crippen molar-refractivity contribution in [3.05, 3.63) is 47.1 Å². The van der Waals surface area contributed by atoms with E-state index in [0.717, 1.165) is 38.9 Å². The van der Waals surface area contributed by atoms with Crippen LogP contribution in [0, 0.1) is 11.3 Å². The average Bonchev–Trinajstić information content (AvgIpc) is 3.39. The highest BCUT2D eigenvalue weighted by atomic mass is 32.2. The summed E-state index contributed by atoms with van der Waals surface area (Å²) in [6.07, 6.45) is 3.74. The zero-order chi connectivity index (χ0) is 30.6. The number of ether oxygens (including phenoxy) is 1. The van der Waals surface area contributed by atoms with Crippen molar-refractivity contribution >= 4 is 43.9 Å². The maximum absolute atomic E-state index is 14.0. The second-order valence-electron chi connectivity index (χ2n) is 13.5. The molecule has 1 spiro atoms. The van der Waals surface area contributed by atoms with Crippen molar-refractivity contribution in [3.63, 3.8) is 0 Å². The summed E-state index contributed by atoms with van der Waals surface area (Å²) < 4.78 is 35.1. The van der Waals surface area contributed by atoms with Gasteiger partial charge in [0.15, 0.2) is 5.01 Å². The normalized spacial score (nSPS) is 19.5. The van der Waals surface area contributed by atoms with Crippen LogP contribution in [0.25, 0.3) is 21.2 Å². The van der Waals surface area contributed by atoms with Gasteiger partial charge < -0.3 is 14.5 Å². The first-order valence-electron chi connectivity index (χ1n) is 15.1. The summed E-state index contributed by atoms with van der Waals surface area (Å²) in [5, 5.41) is 1.53. The third-order valence-electron chi connectivity index (χ3n) is 8.84. The Morgan fingerprint density at radius 1 is 0.977 bits per heavy atom. The van der Waals surface area contributed by atoms with E-state index in [2.05, 4.69) is 11.6 Å². The topological polar surface area (TPSA) is 109 Å². The maximum Gasteiger partial charge on any atom is 0.282 e. The number of aromatic nitrogens is 1. The fourth-order valence-corrected chi connectivity index (χ4v) is 9.12. The molecule has 0 saturated carbocycles. The summed E-state index contributed by atoms with van der Waals surface area (Å²) in [4.78, 5) is 36.8. The lowest BCUT2D eigenvalue weighted by Crippen LogP contribution is -2.60. The molecule has 0 aliphatic carbocycles. The minimum Gasteiger partial charge on any atom is -0.381 e. The van der Waals surface area contributed by atoms with Crippen LogP contribution in [-0.2, 0) is 14.8 Å². The number of likely N-dealkylation sites (tertiary alicyclic amines) is 2. The Bertz CT molecular complexity index is 1650. The smallest absolute Gasteiger partial charge is 0.282 e. The Morgan fingerprint density at radius 3 is 2.28 bits per heavy atom. The molecule has 0 unspecified atom stereocenters. The van der Waals surface area contributed by atoms with Crippen LogP contribution in [0.15, 0.2) is 41.3 Å². The first-order chi connectivity index (χ1) is 20.4. The fraction of sp³-hybridized carbons (Fsp3) is 0.531. The number of carbonyl (C=O) groups excluding carboxylic acids is 2. The lowest BCUT2D eigenvalue weighted by Gasteiger charge is -2.51. The SMILES string of the molecule is CC1CCN(C(=O)c2nc(C(=O)N3CC4(CCOCC4)C3)sc2-c2ccc(S(=O)(=O)NC(C)(C)C)c3ccccc23)CC1. The molecular weight excluding hydrogens is 585 g/mol. The molecule has 2 aromatic carbocycles. The van der Waals surface area contributed by atoms with E-state index >= 15 is 0 Å². The monoisotopic (exact) mass is 624 g/mol. The Kier molecular flexibility index (Phi) is 7.90. The van der Waals surface area contributed by atoms with Gasteiger partial charge in [-0.25, -0.2) is 18.1 Å². The number of fused-ring (bicyclic) bond motifs is 1. The number of thiazole rings is 1. The molecule has 2 amide bonds. The van der Waals surface area contributed by atoms with Crippen LogP contribution in [0.4, 0.5) is 0 Å². The number of hydrogen-bond donors (Lipinski definition) is 1. The van der Waals surface area contributed by atoms with Gasteiger partial charge in [0.1, 0.15) is 5.69 Å². The van der Waals surface area contributed by atoms with E-state index in [1.807, 2.05) is 21.9 Å². The Balaban J connectivity index is 1.41. The number of sulfonamides is 1. The summed E-state index contributed by atoms with van der Waals surface area (Å²) in [6.45, 7) is 11.7. The summed E-state index contributed by atoms with van der Waals surface area (Å²) >= 11 is 1.22. The number of rotatable bonds is 5. The van der Waals surface area contributed by atoms with E-state index in [4.69, 9.17) is 9.72 Å². The first kappa shape index (κ1) is 30.2. The van der Waals surface area contributed by atoms with Crippen molar-refractivity contribution in [2.45, 2.75) is 63.8 Å². The van der Waals surface area contributed by atoms with Gasteiger partial charge in [0, 0.05) is 61.3 Å². The van der Waals surface area contributed by atoms with Crippen molar-refractivity contribution < 1.29 is 22.7 Å². The standard InChI is InChI=1S/C32H40N4O5S2/c1-21-11-15-35(16-12-21)29(37)26-27(42-28(33-26)30(38)36-19-32(20-36)13-17-41-18-14-32)24-9-10-25(23-8-6-5-7-22(23)24)43(39,40)34-31(2,3)4/h5-10,21,34H,11-20H2,1-4H3. The van der Waals surface area contributed by atoms with Crippen LogP contribution in [0.3, 0.4) is 0 Å². The van der Waals surface area contributed by atoms with Crippen molar-refractivity contribution in [3.8, 4) is 10.4 Å².